The fourth-order valence-electron chi connectivity index (χ4n) is 3.48. The van der Waals surface area contributed by atoms with E-state index in [4.69, 9.17) is 8.85 Å². The molecule has 2 nitrogen and oxygen atoms in total. The molecule has 0 aliphatic carbocycles. The molecule has 0 amide bonds. The van der Waals surface area contributed by atoms with Gasteiger partial charge < -0.3 is 8.85 Å². The molecule has 0 bridgehead atoms. The van der Waals surface area contributed by atoms with Crippen molar-refractivity contribution in [2.24, 2.45) is 0 Å². The monoisotopic (exact) mass is 384 g/mol. The molecule has 0 heterocycles. The molecule has 0 rings (SSSR count). The Morgan fingerprint density at radius 3 is 1.27 bits per heavy atom. The number of unbranched alkanes of at least 4 members (excludes halogenated alkanes) is 15. The standard InChI is InChI=1S/C23H48O2Si/c1-4-7-8-9-10-11-12-13-14-15-16-17-18-19-20-21-22-23-26(24-5-2)25-6-3/h4,26H,1,5-23H2,2-3H3. The summed E-state index contributed by atoms with van der Waals surface area (Å²) < 4.78 is 11.4. The summed E-state index contributed by atoms with van der Waals surface area (Å²) in [6.07, 6.45) is 24.4. The second kappa shape index (κ2) is 22.9. The molecule has 0 spiro atoms. The van der Waals surface area contributed by atoms with Crippen molar-refractivity contribution in [3.05, 3.63) is 12.7 Å². The van der Waals surface area contributed by atoms with Crippen molar-refractivity contribution in [3.8, 4) is 0 Å². The number of rotatable bonds is 22. The molecule has 0 unspecified atom stereocenters. The van der Waals surface area contributed by atoms with Gasteiger partial charge in [-0.3, -0.25) is 0 Å². The molecule has 156 valence electrons. The largest absolute Gasteiger partial charge is 0.397 e. The summed E-state index contributed by atoms with van der Waals surface area (Å²) in [5, 5.41) is 0. The molecule has 0 aliphatic heterocycles. The van der Waals surface area contributed by atoms with Gasteiger partial charge >= 0.3 is 9.28 Å². The molecule has 0 aromatic heterocycles. The maximum Gasteiger partial charge on any atom is 0.321 e. The van der Waals surface area contributed by atoms with Crippen LogP contribution in [0.1, 0.15) is 117 Å². The molecule has 0 N–H and O–H groups in total. The molecule has 0 saturated carbocycles. The Morgan fingerprint density at radius 2 is 0.923 bits per heavy atom. The summed E-state index contributed by atoms with van der Waals surface area (Å²) in [4.78, 5) is 0. The number of allylic oxidation sites excluding steroid dienone is 1. The lowest BCUT2D eigenvalue weighted by Crippen LogP contribution is -2.22. The summed E-state index contributed by atoms with van der Waals surface area (Å²) in [7, 11) is -1.33. The van der Waals surface area contributed by atoms with Gasteiger partial charge in [0, 0.05) is 13.2 Å². The van der Waals surface area contributed by atoms with Crippen LogP contribution in [0, 0.1) is 0 Å². The average Bonchev–Trinajstić information content (AvgIpc) is 2.64. The SMILES string of the molecule is C=CCCCCCCCCCCCCCCCCC[SiH](OCC)OCC. The highest BCUT2D eigenvalue weighted by Gasteiger charge is 2.10. The Bertz CT molecular complexity index is 265. The predicted octanol–water partition coefficient (Wildman–Crippen LogP) is 7.71. The van der Waals surface area contributed by atoms with E-state index in [9.17, 15) is 0 Å². The van der Waals surface area contributed by atoms with E-state index in [1.807, 2.05) is 6.08 Å². The Morgan fingerprint density at radius 1 is 0.577 bits per heavy atom. The van der Waals surface area contributed by atoms with Crippen molar-refractivity contribution in [1.29, 1.82) is 0 Å². The van der Waals surface area contributed by atoms with Gasteiger partial charge in [0.1, 0.15) is 0 Å². The highest BCUT2D eigenvalue weighted by Crippen LogP contribution is 2.14. The van der Waals surface area contributed by atoms with Gasteiger partial charge in [-0.05, 0) is 32.7 Å². The third kappa shape index (κ3) is 20.2. The lowest BCUT2D eigenvalue weighted by Gasteiger charge is -2.14. The van der Waals surface area contributed by atoms with Crippen molar-refractivity contribution in [2.75, 3.05) is 13.2 Å². The molecule has 26 heavy (non-hydrogen) atoms. The van der Waals surface area contributed by atoms with Crippen LogP contribution >= 0.6 is 0 Å². The molecule has 0 saturated heterocycles. The van der Waals surface area contributed by atoms with Gasteiger partial charge in [-0.15, -0.1) is 6.58 Å². The van der Waals surface area contributed by atoms with Crippen LogP contribution in [0.25, 0.3) is 0 Å². The quantitative estimate of drug-likeness (QED) is 0.108. The van der Waals surface area contributed by atoms with Gasteiger partial charge in [-0.25, -0.2) is 0 Å². The summed E-state index contributed by atoms with van der Waals surface area (Å²) in [5.74, 6) is 0. The molecular formula is C23H48O2Si. The van der Waals surface area contributed by atoms with Crippen LogP contribution in [0.2, 0.25) is 6.04 Å². The lowest BCUT2D eigenvalue weighted by atomic mass is 10.0. The molecule has 0 atom stereocenters. The van der Waals surface area contributed by atoms with Gasteiger partial charge in [-0.2, -0.15) is 0 Å². The summed E-state index contributed by atoms with van der Waals surface area (Å²) in [6.45, 7) is 9.55. The third-order valence-corrected chi connectivity index (χ3v) is 7.34. The first-order valence-corrected chi connectivity index (χ1v) is 13.4. The summed E-state index contributed by atoms with van der Waals surface area (Å²) >= 11 is 0. The minimum atomic E-state index is -1.33. The van der Waals surface area contributed by atoms with E-state index in [1.165, 1.54) is 109 Å². The van der Waals surface area contributed by atoms with Crippen molar-refractivity contribution in [1.82, 2.24) is 0 Å². The van der Waals surface area contributed by atoms with Crippen molar-refractivity contribution in [2.45, 2.75) is 123 Å². The fourth-order valence-corrected chi connectivity index (χ4v) is 5.28. The van der Waals surface area contributed by atoms with Gasteiger partial charge in [0.2, 0.25) is 0 Å². The van der Waals surface area contributed by atoms with E-state index in [-0.39, 0.29) is 0 Å². The maximum absolute atomic E-state index is 5.72. The second-order valence-electron chi connectivity index (χ2n) is 7.51. The van der Waals surface area contributed by atoms with E-state index in [0.29, 0.717) is 0 Å². The van der Waals surface area contributed by atoms with Gasteiger partial charge in [0.15, 0.2) is 0 Å². The first kappa shape index (κ1) is 25.9. The zero-order valence-corrected chi connectivity index (χ0v) is 19.3. The molecule has 0 fully saturated rings. The van der Waals surface area contributed by atoms with E-state index in [1.54, 1.807) is 0 Å². The van der Waals surface area contributed by atoms with Gasteiger partial charge in [0.25, 0.3) is 0 Å². The topological polar surface area (TPSA) is 18.5 Å². The molecule has 0 aliphatic rings. The molecule has 0 aromatic carbocycles. The first-order valence-electron chi connectivity index (χ1n) is 11.7. The fraction of sp³-hybridized carbons (Fsp3) is 0.913. The third-order valence-electron chi connectivity index (χ3n) is 5.05. The molecular weight excluding hydrogens is 336 g/mol. The Kier molecular flexibility index (Phi) is 22.8. The maximum atomic E-state index is 5.72. The Hall–Kier alpha value is -0.123. The number of hydrogen-bond donors (Lipinski definition) is 0. The Balaban J connectivity index is 3.14. The van der Waals surface area contributed by atoms with Crippen LogP contribution in [-0.2, 0) is 8.85 Å². The predicted molar refractivity (Wildman–Crippen MR) is 119 cm³/mol. The van der Waals surface area contributed by atoms with Crippen LogP contribution < -0.4 is 0 Å². The van der Waals surface area contributed by atoms with Crippen LogP contribution in [-0.4, -0.2) is 22.5 Å². The normalized spacial score (nSPS) is 11.3. The molecule has 0 radical (unpaired) electrons. The summed E-state index contributed by atoms with van der Waals surface area (Å²) in [6, 6.07) is 1.19. The van der Waals surface area contributed by atoms with Gasteiger partial charge in [-0.1, -0.05) is 96.0 Å². The average molecular weight is 385 g/mol. The minimum Gasteiger partial charge on any atom is -0.397 e. The minimum absolute atomic E-state index is 0.812. The van der Waals surface area contributed by atoms with E-state index >= 15 is 0 Å². The number of hydrogen-bond acceptors (Lipinski definition) is 2. The second-order valence-corrected chi connectivity index (χ2v) is 9.61. The van der Waals surface area contributed by atoms with Crippen LogP contribution in [0.3, 0.4) is 0 Å². The summed E-state index contributed by atoms with van der Waals surface area (Å²) in [5.41, 5.74) is 0. The lowest BCUT2D eigenvalue weighted by molar-refractivity contribution is 0.212. The van der Waals surface area contributed by atoms with E-state index in [2.05, 4.69) is 20.4 Å². The van der Waals surface area contributed by atoms with E-state index < -0.39 is 9.28 Å². The van der Waals surface area contributed by atoms with E-state index in [0.717, 1.165) is 13.2 Å². The highest BCUT2D eigenvalue weighted by molar-refractivity contribution is 6.44. The first-order chi connectivity index (χ1) is 12.8. The zero-order chi connectivity index (χ0) is 19.1. The van der Waals surface area contributed by atoms with Crippen LogP contribution in [0.4, 0.5) is 0 Å². The van der Waals surface area contributed by atoms with Crippen molar-refractivity contribution < 1.29 is 8.85 Å². The van der Waals surface area contributed by atoms with Gasteiger partial charge in [0.05, 0.1) is 0 Å². The van der Waals surface area contributed by atoms with Crippen molar-refractivity contribution >= 4 is 9.28 Å². The van der Waals surface area contributed by atoms with Crippen molar-refractivity contribution in [3.63, 3.8) is 0 Å². The molecule has 3 heteroatoms. The smallest absolute Gasteiger partial charge is 0.321 e. The van der Waals surface area contributed by atoms with Crippen LogP contribution in [0.15, 0.2) is 12.7 Å². The van der Waals surface area contributed by atoms with Crippen LogP contribution in [0.5, 0.6) is 0 Å². The zero-order valence-electron chi connectivity index (χ0n) is 18.1. The Labute approximate surface area is 167 Å². The highest BCUT2D eigenvalue weighted by atomic mass is 28.3. The molecule has 0 aromatic rings.